The Bertz CT molecular complexity index is 1220. The number of halogens is 1. The number of nitrogens with two attached hydrogens (primary N) is 1. The van der Waals surface area contributed by atoms with Gasteiger partial charge in [0.1, 0.15) is 17.4 Å². The SMILES string of the molecule is CCC1(CCNC(=O)[C@H](NC(=O)c2cccc(C)c2F)C(C)C)C(=O)N(C)CN1c1ccc(C(N)=O)cc1. The summed E-state index contributed by atoms with van der Waals surface area (Å²) in [7, 11) is 1.72. The molecular weight excluding hydrogens is 489 g/mol. The number of nitrogens with one attached hydrogen (secondary N) is 2. The van der Waals surface area contributed by atoms with E-state index in [1.807, 2.05) is 11.8 Å². The summed E-state index contributed by atoms with van der Waals surface area (Å²) >= 11 is 0. The molecule has 0 radical (unpaired) electrons. The van der Waals surface area contributed by atoms with Crippen LogP contribution in [0.15, 0.2) is 42.5 Å². The molecule has 3 rings (SSSR count). The molecule has 1 heterocycles. The molecule has 4 amide bonds. The van der Waals surface area contributed by atoms with Gasteiger partial charge in [-0.1, -0.05) is 32.9 Å². The van der Waals surface area contributed by atoms with Crippen LogP contribution >= 0.6 is 0 Å². The maximum Gasteiger partial charge on any atom is 0.254 e. The minimum atomic E-state index is -0.905. The molecule has 1 saturated heterocycles. The van der Waals surface area contributed by atoms with E-state index in [2.05, 4.69) is 10.6 Å². The highest BCUT2D eigenvalue weighted by molar-refractivity contribution is 5.98. The number of hydrogen-bond acceptors (Lipinski definition) is 5. The third kappa shape index (κ3) is 5.64. The largest absolute Gasteiger partial charge is 0.366 e. The minimum Gasteiger partial charge on any atom is -0.366 e. The highest BCUT2D eigenvalue weighted by Gasteiger charge is 2.49. The zero-order chi connectivity index (χ0) is 28.2. The molecule has 2 atom stereocenters. The standard InChI is InChI=1S/C28H36FN5O4/c1-6-28(27(38)33(5)16-34(28)20-12-10-19(11-13-20)24(30)35)14-15-31-26(37)23(17(2)3)32-25(36)21-9-7-8-18(4)22(21)29/h7-13,17,23H,6,14-16H2,1-5H3,(H2,30,35)(H,31,37)(H,32,36)/t23-,28?/m1/s1. The van der Waals surface area contributed by atoms with E-state index in [0.717, 1.165) is 5.69 Å². The van der Waals surface area contributed by atoms with Crippen molar-refractivity contribution in [3.8, 4) is 0 Å². The minimum absolute atomic E-state index is 0.0724. The number of nitrogens with zero attached hydrogens (tertiary/aromatic N) is 2. The Labute approximate surface area is 222 Å². The van der Waals surface area contributed by atoms with Crippen molar-refractivity contribution < 1.29 is 23.6 Å². The van der Waals surface area contributed by atoms with E-state index in [1.165, 1.54) is 6.07 Å². The van der Waals surface area contributed by atoms with Gasteiger partial charge in [0.15, 0.2) is 0 Å². The lowest BCUT2D eigenvalue weighted by Gasteiger charge is -2.36. The van der Waals surface area contributed by atoms with E-state index >= 15 is 0 Å². The molecule has 204 valence electrons. The molecule has 2 aromatic rings. The summed E-state index contributed by atoms with van der Waals surface area (Å²) in [6, 6.07) is 10.4. The van der Waals surface area contributed by atoms with Gasteiger partial charge in [-0.2, -0.15) is 0 Å². The molecule has 0 aromatic heterocycles. The molecule has 1 aliphatic rings. The quantitative estimate of drug-likeness (QED) is 0.440. The summed E-state index contributed by atoms with van der Waals surface area (Å²) in [5, 5.41) is 5.51. The van der Waals surface area contributed by atoms with E-state index in [0.29, 0.717) is 30.6 Å². The second kappa shape index (κ2) is 11.6. The fraction of sp³-hybridized carbons (Fsp3) is 0.429. The Morgan fingerprint density at radius 1 is 1.13 bits per heavy atom. The van der Waals surface area contributed by atoms with Gasteiger partial charge in [0.2, 0.25) is 17.7 Å². The predicted molar refractivity (Wildman–Crippen MR) is 143 cm³/mol. The molecule has 38 heavy (non-hydrogen) atoms. The van der Waals surface area contributed by atoms with E-state index in [1.54, 1.807) is 69.1 Å². The summed E-state index contributed by atoms with van der Waals surface area (Å²) in [6.07, 6.45) is 0.807. The molecule has 1 unspecified atom stereocenters. The van der Waals surface area contributed by atoms with Gasteiger partial charge in [0.25, 0.3) is 5.91 Å². The van der Waals surface area contributed by atoms with Gasteiger partial charge in [-0.3, -0.25) is 19.2 Å². The number of benzene rings is 2. The molecule has 9 nitrogen and oxygen atoms in total. The van der Waals surface area contributed by atoms with Crippen LogP contribution in [0, 0.1) is 18.7 Å². The molecule has 0 bridgehead atoms. The van der Waals surface area contributed by atoms with Crippen LogP contribution < -0.4 is 21.3 Å². The van der Waals surface area contributed by atoms with Crippen LogP contribution in [0.5, 0.6) is 0 Å². The first kappa shape index (κ1) is 28.6. The average Bonchev–Trinajstić information content (AvgIpc) is 3.13. The molecular formula is C28H36FN5O4. The Kier molecular flexibility index (Phi) is 8.75. The maximum absolute atomic E-state index is 14.4. The average molecular weight is 526 g/mol. The van der Waals surface area contributed by atoms with Gasteiger partial charge in [0, 0.05) is 24.8 Å². The topological polar surface area (TPSA) is 125 Å². The molecule has 0 aliphatic carbocycles. The van der Waals surface area contributed by atoms with Crippen molar-refractivity contribution >= 4 is 29.3 Å². The van der Waals surface area contributed by atoms with Crippen molar-refractivity contribution in [2.45, 2.75) is 52.1 Å². The van der Waals surface area contributed by atoms with Crippen LogP contribution in [-0.4, -0.2) is 60.4 Å². The van der Waals surface area contributed by atoms with Crippen molar-refractivity contribution in [1.82, 2.24) is 15.5 Å². The molecule has 1 aliphatic heterocycles. The van der Waals surface area contributed by atoms with Gasteiger partial charge in [-0.25, -0.2) is 4.39 Å². The van der Waals surface area contributed by atoms with Gasteiger partial charge in [-0.15, -0.1) is 0 Å². The van der Waals surface area contributed by atoms with Crippen molar-refractivity contribution in [2.75, 3.05) is 25.2 Å². The Morgan fingerprint density at radius 3 is 2.37 bits per heavy atom. The number of rotatable bonds is 10. The van der Waals surface area contributed by atoms with Crippen LogP contribution in [0.1, 0.15) is 59.9 Å². The number of carbonyl (C=O) groups is 4. The lowest BCUT2D eigenvalue weighted by molar-refractivity contribution is -0.131. The fourth-order valence-electron chi connectivity index (χ4n) is 4.86. The van der Waals surface area contributed by atoms with Crippen LogP contribution in [0.4, 0.5) is 10.1 Å². The Balaban J connectivity index is 1.73. The number of amides is 4. The van der Waals surface area contributed by atoms with Crippen LogP contribution in [0.25, 0.3) is 0 Å². The van der Waals surface area contributed by atoms with Crippen LogP contribution in [0.3, 0.4) is 0 Å². The molecule has 0 saturated carbocycles. The van der Waals surface area contributed by atoms with E-state index in [-0.39, 0.29) is 23.9 Å². The second-order valence-corrected chi connectivity index (χ2v) is 10.0. The summed E-state index contributed by atoms with van der Waals surface area (Å²) in [4.78, 5) is 54.2. The monoisotopic (exact) mass is 525 g/mol. The van der Waals surface area contributed by atoms with Crippen molar-refractivity contribution in [3.63, 3.8) is 0 Å². The third-order valence-electron chi connectivity index (χ3n) is 7.17. The highest BCUT2D eigenvalue weighted by atomic mass is 19.1. The number of aryl methyl sites for hydroxylation is 1. The van der Waals surface area contributed by atoms with E-state index < -0.39 is 35.1 Å². The predicted octanol–water partition coefficient (Wildman–Crippen LogP) is 2.58. The van der Waals surface area contributed by atoms with Gasteiger partial charge in [0.05, 0.1) is 12.2 Å². The van der Waals surface area contributed by atoms with Crippen molar-refractivity contribution in [2.24, 2.45) is 11.7 Å². The molecule has 4 N–H and O–H groups in total. The van der Waals surface area contributed by atoms with Crippen LogP contribution in [-0.2, 0) is 9.59 Å². The lowest BCUT2D eigenvalue weighted by Crippen LogP contribution is -2.53. The van der Waals surface area contributed by atoms with E-state index in [4.69, 9.17) is 5.73 Å². The summed E-state index contributed by atoms with van der Waals surface area (Å²) in [5.74, 6) is -2.56. The van der Waals surface area contributed by atoms with Gasteiger partial charge in [-0.05, 0) is 61.6 Å². The molecule has 1 fully saturated rings. The van der Waals surface area contributed by atoms with Crippen LogP contribution in [0.2, 0.25) is 0 Å². The maximum atomic E-state index is 14.4. The highest BCUT2D eigenvalue weighted by Crippen LogP contribution is 2.36. The first-order valence-corrected chi connectivity index (χ1v) is 12.7. The number of carbonyl (C=O) groups excluding carboxylic acids is 4. The third-order valence-corrected chi connectivity index (χ3v) is 7.17. The smallest absolute Gasteiger partial charge is 0.254 e. The Hall–Kier alpha value is -3.95. The number of likely N-dealkylation sites (N-methyl/N-ethyl adjacent to an activating group) is 1. The molecule has 2 aromatic carbocycles. The number of hydrogen-bond donors (Lipinski definition) is 3. The second-order valence-electron chi connectivity index (χ2n) is 10.0. The summed E-state index contributed by atoms with van der Waals surface area (Å²) < 4.78 is 14.4. The van der Waals surface area contributed by atoms with Crippen molar-refractivity contribution in [1.29, 1.82) is 0 Å². The number of primary amides is 1. The zero-order valence-corrected chi connectivity index (χ0v) is 22.5. The normalized spacial score (nSPS) is 18.0. The molecule has 0 spiro atoms. The van der Waals surface area contributed by atoms with Gasteiger partial charge < -0.3 is 26.2 Å². The lowest BCUT2D eigenvalue weighted by atomic mass is 9.89. The van der Waals surface area contributed by atoms with Gasteiger partial charge >= 0.3 is 0 Å². The molecule has 10 heteroatoms. The fourth-order valence-corrected chi connectivity index (χ4v) is 4.86. The first-order chi connectivity index (χ1) is 17.9. The number of anilines is 1. The first-order valence-electron chi connectivity index (χ1n) is 12.7. The van der Waals surface area contributed by atoms with E-state index in [9.17, 15) is 23.6 Å². The summed E-state index contributed by atoms with van der Waals surface area (Å²) in [5.41, 5.74) is 5.80. The zero-order valence-electron chi connectivity index (χ0n) is 22.5. The van der Waals surface area contributed by atoms with Crippen molar-refractivity contribution in [3.05, 3.63) is 65.0 Å². The Morgan fingerprint density at radius 2 is 1.79 bits per heavy atom. The summed E-state index contributed by atoms with van der Waals surface area (Å²) in [6.45, 7) is 7.59.